The van der Waals surface area contributed by atoms with Crippen LogP contribution in [0.5, 0.6) is 11.5 Å². The van der Waals surface area contributed by atoms with E-state index in [0.717, 1.165) is 16.8 Å². The van der Waals surface area contributed by atoms with Gasteiger partial charge in [0.1, 0.15) is 0 Å². The number of amides is 1. The second-order valence-corrected chi connectivity index (χ2v) is 6.22. The first-order valence-corrected chi connectivity index (χ1v) is 8.72. The lowest BCUT2D eigenvalue weighted by Gasteiger charge is -2.12. The number of carbonyl (C=O) groups excluding carboxylic acids is 1. The fourth-order valence-electron chi connectivity index (χ4n) is 2.77. The van der Waals surface area contributed by atoms with Crippen LogP contribution in [0.3, 0.4) is 0 Å². The van der Waals surface area contributed by atoms with Crippen molar-refractivity contribution in [2.24, 2.45) is 0 Å². The lowest BCUT2D eigenvalue weighted by Crippen LogP contribution is -2.13. The summed E-state index contributed by atoms with van der Waals surface area (Å²) in [6, 6.07) is 14.5. The van der Waals surface area contributed by atoms with Crippen molar-refractivity contribution < 1.29 is 14.3 Å². The topological polar surface area (TPSA) is 85.4 Å². The van der Waals surface area contributed by atoms with E-state index >= 15 is 0 Å². The first-order chi connectivity index (χ1) is 13.5. The molecule has 0 aliphatic heterocycles. The minimum Gasteiger partial charge on any atom is -0.493 e. The van der Waals surface area contributed by atoms with Crippen LogP contribution in [0.4, 0.5) is 17.3 Å². The molecule has 0 saturated carbocycles. The molecule has 0 fully saturated rings. The Balaban J connectivity index is 1.71. The monoisotopic (exact) mass is 378 g/mol. The quantitative estimate of drug-likeness (QED) is 0.671. The van der Waals surface area contributed by atoms with E-state index in [9.17, 15) is 4.79 Å². The molecule has 7 heteroatoms. The number of nitrogens with one attached hydrogen (secondary N) is 2. The number of aryl methyl sites for hydroxylation is 2. The average Bonchev–Trinajstić information content (AvgIpc) is 2.71. The van der Waals surface area contributed by atoms with E-state index in [1.807, 2.05) is 32.0 Å². The van der Waals surface area contributed by atoms with Gasteiger partial charge in [0, 0.05) is 11.3 Å². The molecular formula is C21H22N4O3. The molecule has 0 radical (unpaired) electrons. The molecule has 1 amide bonds. The number of carbonyl (C=O) groups is 1. The highest BCUT2D eigenvalue weighted by Gasteiger charge is 2.12. The van der Waals surface area contributed by atoms with Gasteiger partial charge in [0.05, 0.1) is 14.2 Å². The molecule has 3 rings (SSSR count). The van der Waals surface area contributed by atoms with E-state index in [2.05, 4.69) is 20.8 Å². The van der Waals surface area contributed by atoms with Gasteiger partial charge in [-0.05, 0) is 55.3 Å². The lowest BCUT2D eigenvalue weighted by atomic mass is 10.1. The first kappa shape index (κ1) is 19.2. The van der Waals surface area contributed by atoms with Crippen LogP contribution in [-0.2, 0) is 0 Å². The minimum absolute atomic E-state index is 0.314. The standard InChI is InChI=1S/C21H22N4O3/c1-13-6-5-7-14(2)20(13)22-18-10-11-19(25-24-18)23-21(26)15-8-9-16(27-3)17(12-15)28-4/h5-12H,1-4H3,(H,22,24)(H,23,25,26). The number of benzene rings is 2. The molecule has 0 spiro atoms. The van der Waals surface area contributed by atoms with Crippen LogP contribution in [-0.4, -0.2) is 30.3 Å². The van der Waals surface area contributed by atoms with Crippen molar-refractivity contribution in [3.63, 3.8) is 0 Å². The van der Waals surface area contributed by atoms with Crippen molar-refractivity contribution in [2.45, 2.75) is 13.8 Å². The molecule has 1 aromatic heterocycles. The van der Waals surface area contributed by atoms with Crippen molar-refractivity contribution in [3.8, 4) is 11.5 Å². The number of anilines is 3. The van der Waals surface area contributed by atoms with Gasteiger partial charge in [-0.25, -0.2) is 0 Å². The van der Waals surface area contributed by atoms with Gasteiger partial charge in [-0.1, -0.05) is 18.2 Å². The summed E-state index contributed by atoms with van der Waals surface area (Å²) in [4.78, 5) is 12.5. The number of rotatable bonds is 6. The zero-order valence-electron chi connectivity index (χ0n) is 16.2. The molecule has 0 aliphatic carbocycles. The third-order valence-electron chi connectivity index (χ3n) is 4.29. The van der Waals surface area contributed by atoms with Gasteiger partial charge < -0.3 is 20.1 Å². The zero-order chi connectivity index (χ0) is 20.1. The number of nitrogens with zero attached hydrogens (tertiary/aromatic N) is 2. The van der Waals surface area contributed by atoms with Crippen LogP contribution < -0.4 is 20.1 Å². The third kappa shape index (κ3) is 4.20. The first-order valence-electron chi connectivity index (χ1n) is 8.72. The van der Waals surface area contributed by atoms with Crippen LogP contribution in [0.2, 0.25) is 0 Å². The Bertz CT molecular complexity index is 967. The number of hydrogen-bond acceptors (Lipinski definition) is 6. The van der Waals surface area contributed by atoms with E-state index < -0.39 is 0 Å². The Hall–Kier alpha value is -3.61. The molecule has 1 heterocycles. The van der Waals surface area contributed by atoms with Crippen LogP contribution in [0.1, 0.15) is 21.5 Å². The Labute approximate surface area is 163 Å². The molecule has 0 atom stereocenters. The maximum absolute atomic E-state index is 12.5. The molecule has 0 aliphatic rings. The van der Waals surface area contributed by atoms with Crippen molar-refractivity contribution in [1.29, 1.82) is 0 Å². The molecule has 0 unspecified atom stereocenters. The lowest BCUT2D eigenvalue weighted by molar-refractivity contribution is 0.102. The second kappa shape index (κ2) is 8.39. The molecule has 2 aromatic carbocycles. The van der Waals surface area contributed by atoms with Crippen LogP contribution in [0.15, 0.2) is 48.5 Å². The van der Waals surface area contributed by atoms with Crippen molar-refractivity contribution in [3.05, 3.63) is 65.2 Å². The maximum atomic E-state index is 12.5. The summed E-state index contributed by atoms with van der Waals surface area (Å²) >= 11 is 0. The molecule has 0 bridgehead atoms. The SMILES string of the molecule is COc1ccc(C(=O)Nc2ccc(Nc3c(C)cccc3C)nn2)cc1OC. The fraction of sp³-hybridized carbons (Fsp3) is 0.190. The summed E-state index contributed by atoms with van der Waals surface area (Å²) in [5.74, 6) is 1.68. The van der Waals surface area contributed by atoms with Gasteiger partial charge in [0.2, 0.25) is 0 Å². The second-order valence-electron chi connectivity index (χ2n) is 6.22. The predicted molar refractivity (Wildman–Crippen MR) is 109 cm³/mol. The Kier molecular flexibility index (Phi) is 5.74. The van der Waals surface area contributed by atoms with Gasteiger partial charge >= 0.3 is 0 Å². The molecule has 144 valence electrons. The maximum Gasteiger partial charge on any atom is 0.257 e. The Morgan fingerprint density at radius 2 is 1.50 bits per heavy atom. The van der Waals surface area contributed by atoms with Crippen molar-refractivity contribution in [1.82, 2.24) is 10.2 Å². The van der Waals surface area contributed by atoms with Crippen LogP contribution >= 0.6 is 0 Å². The van der Waals surface area contributed by atoms with Gasteiger partial charge in [-0.15, -0.1) is 10.2 Å². The Morgan fingerprint density at radius 3 is 2.11 bits per heavy atom. The number of ether oxygens (including phenoxy) is 2. The van der Waals surface area contributed by atoms with Gasteiger partial charge in [-0.3, -0.25) is 4.79 Å². The molecule has 2 N–H and O–H groups in total. The van der Waals surface area contributed by atoms with Crippen LogP contribution in [0.25, 0.3) is 0 Å². The summed E-state index contributed by atoms with van der Waals surface area (Å²) < 4.78 is 10.4. The Morgan fingerprint density at radius 1 is 0.857 bits per heavy atom. The summed E-state index contributed by atoms with van der Waals surface area (Å²) in [5.41, 5.74) is 3.66. The molecule has 28 heavy (non-hydrogen) atoms. The minimum atomic E-state index is -0.314. The highest BCUT2D eigenvalue weighted by molar-refractivity contribution is 6.04. The summed E-state index contributed by atoms with van der Waals surface area (Å²) in [5, 5.41) is 14.2. The summed E-state index contributed by atoms with van der Waals surface area (Å²) in [7, 11) is 3.06. The number of aromatic nitrogens is 2. The van der Waals surface area contributed by atoms with E-state index in [1.54, 1.807) is 37.4 Å². The zero-order valence-corrected chi connectivity index (χ0v) is 16.2. The number of para-hydroxylation sites is 1. The molecular weight excluding hydrogens is 356 g/mol. The normalized spacial score (nSPS) is 10.3. The largest absolute Gasteiger partial charge is 0.493 e. The molecule has 7 nitrogen and oxygen atoms in total. The van der Waals surface area contributed by atoms with E-state index in [1.165, 1.54) is 7.11 Å². The van der Waals surface area contributed by atoms with Crippen molar-refractivity contribution in [2.75, 3.05) is 24.9 Å². The van der Waals surface area contributed by atoms with Crippen LogP contribution in [0, 0.1) is 13.8 Å². The van der Waals surface area contributed by atoms with Gasteiger partial charge in [0.25, 0.3) is 5.91 Å². The predicted octanol–water partition coefficient (Wildman–Crippen LogP) is 4.11. The van der Waals surface area contributed by atoms with E-state index in [-0.39, 0.29) is 5.91 Å². The molecule has 0 saturated heterocycles. The van der Waals surface area contributed by atoms with Gasteiger partial charge in [-0.2, -0.15) is 0 Å². The number of hydrogen-bond donors (Lipinski definition) is 2. The summed E-state index contributed by atoms with van der Waals surface area (Å²) in [6.45, 7) is 4.06. The fourth-order valence-corrected chi connectivity index (χ4v) is 2.77. The number of methoxy groups -OCH3 is 2. The average molecular weight is 378 g/mol. The highest BCUT2D eigenvalue weighted by Crippen LogP contribution is 2.28. The molecule has 3 aromatic rings. The van der Waals surface area contributed by atoms with E-state index in [0.29, 0.717) is 28.7 Å². The van der Waals surface area contributed by atoms with Gasteiger partial charge in [0.15, 0.2) is 23.1 Å². The smallest absolute Gasteiger partial charge is 0.257 e. The van der Waals surface area contributed by atoms with Crippen molar-refractivity contribution >= 4 is 23.2 Å². The van der Waals surface area contributed by atoms with E-state index in [4.69, 9.17) is 9.47 Å². The summed E-state index contributed by atoms with van der Waals surface area (Å²) in [6.07, 6.45) is 0. The highest BCUT2D eigenvalue weighted by atomic mass is 16.5. The third-order valence-corrected chi connectivity index (χ3v) is 4.29.